The maximum atomic E-state index is 12.3. The monoisotopic (exact) mass is 402 g/mol. The molecule has 3 aromatic rings. The molecular formula is C18H15ClN4O3S. The number of carbonyl (C=O) groups excluding carboxylic acids is 1. The molecule has 1 aromatic heterocycles. The quantitative estimate of drug-likeness (QED) is 0.476. The fraction of sp³-hybridized carbons (Fsp3) is 0.167. The molecule has 9 heteroatoms. The summed E-state index contributed by atoms with van der Waals surface area (Å²) in [6, 6.07) is 13.8. The number of nitro groups is 1. The van der Waals surface area contributed by atoms with Crippen LogP contribution in [0, 0.1) is 10.1 Å². The maximum absolute atomic E-state index is 12.3. The van der Waals surface area contributed by atoms with Crippen molar-refractivity contribution < 1.29 is 9.72 Å². The summed E-state index contributed by atoms with van der Waals surface area (Å²) >= 11 is 7.27. The number of non-ortho nitro benzene ring substituents is 1. The normalized spacial score (nSPS) is 11.8. The van der Waals surface area contributed by atoms with Gasteiger partial charge in [0, 0.05) is 18.6 Å². The Morgan fingerprint density at radius 2 is 2.00 bits per heavy atom. The number of carbonyl (C=O) groups is 1. The first-order chi connectivity index (χ1) is 12.9. The van der Waals surface area contributed by atoms with Gasteiger partial charge >= 0.3 is 0 Å². The summed E-state index contributed by atoms with van der Waals surface area (Å²) in [7, 11) is 0. The number of amides is 1. The largest absolute Gasteiger partial charge is 0.296 e. The first kappa shape index (κ1) is 18.9. The number of hydrogen-bond donors (Lipinski definition) is 1. The molecule has 0 saturated carbocycles. The van der Waals surface area contributed by atoms with Crippen LogP contribution in [0.1, 0.15) is 33.8 Å². The van der Waals surface area contributed by atoms with Crippen molar-refractivity contribution in [2.45, 2.75) is 19.3 Å². The van der Waals surface area contributed by atoms with Crippen LogP contribution in [0.4, 0.5) is 10.8 Å². The van der Waals surface area contributed by atoms with Crippen molar-refractivity contribution in [3.8, 4) is 0 Å². The summed E-state index contributed by atoms with van der Waals surface area (Å²) < 4.78 is 0. The van der Waals surface area contributed by atoms with Gasteiger partial charge in [0.1, 0.15) is 5.01 Å². The van der Waals surface area contributed by atoms with Crippen LogP contribution in [-0.4, -0.2) is 21.0 Å². The molecule has 2 aromatic carbocycles. The molecule has 0 fully saturated rings. The van der Waals surface area contributed by atoms with Gasteiger partial charge in [-0.25, -0.2) is 0 Å². The number of halogens is 1. The van der Waals surface area contributed by atoms with E-state index in [-0.39, 0.29) is 22.2 Å². The van der Waals surface area contributed by atoms with Crippen LogP contribution in [0.3, 0.4) is 0 Å². The highest BCUT2D eigenvalue weighted by molar-refractivity contribution is 7.15. The highest BCUT2D eigenvalue weighted by atomic mass is 35.5. The molecule has 7 nitrogen and oxygen atoms in total. The third-order valence-corrected chi connectivity index (χ3v) is 5.12. The minimum atomic E-state index is -0.571. The predicted molar refractivity (Wildman–Crippen MR) is 105 cm³/mol. The van der Waals surface area contributed by atoms with E-state index in [1.54, 1.807) is 0 Å². The van der Waals surface area contributed by atoms with Crippen molar-refractivity contribution >= 4 is 39.7 Å². The molecule has 138 valence electrons. The third-order valence-electron chi connectivity index (χ3n) is 3.94. The summed E-state index contributed by atoms with van der Waals surface area (Å²) in [5.74, 6) is -0.222. The van der Waals surface area contributed by atoms with Crippen molar-refractivity contribution in [3.63, 3.8) is 0 Å². The van der Waals surface area contributed by atoms with Gasteiger partial charge in [-0.15, -0.1) is 10.2 Å². The highest BCUT2D eigenvalue weighted by Crippen LogP contribution is 2.26. The van der Waals surface area contributed by atoms with Crippen LogP contribution in [0.2, 0.25) is 5.02 Å². The second kappa shape index (κ2) is 8.24. The zero-order chi connectivity index (χ0) is 19.4. The van der Waals surface area contributed by atoms with Crippen molar-refractivity contribution in [3.05, 3.63) is 79.8 Å². The Labute approximate surface area is 164 Å². The molecule has 0 spiro atoms. The molecule has 1 amide bonds. The Hall–Kier alpha value is -2.84. The minimum absolute atomic E-state index is 0.00383. The average molecular weight is 403 g/mol. The molecule has 0 aliphatic heterocycles. The molecule has 1 atom stereocenters. The van der Waals surface area contributed by atoms with E-state index >= 15 is 0 Å². The smallest absolute Gasteiger partial charge is 0.270 e. The second-order valence-corrected chi connectivity index (χ2v) is 7.36. The van der Waals surface area contributed by atoms with Crippen LogP contribution >= 0.6 is 22.9 Å². The average Bonchev–Trinajstić information content (AvgIpc) is 3.08. The lowest BCUT2D eigenvalue weighted by molar-refractivity contribution is -0.384. The molecule has 0 bridgehead atoms. The number of hydrogen-bond acceptors (Lipinski definition) is 6. The SMILES string of the molecule is CC(Cc1nnc(NC(=O)c2ccc([N+](=O)[O-])cc2Cl)s1)c1ccccc1. The van der Waals surface area contributed by atoms with Gasteiger partial charge in [-0.3, -0.25) is 20.2 Å². The van der Waals surface area contributed by atoms with Crippen molar-refractivity contribution in [1.29, 1.82) is 0 Å². The van der Waals surface area contributed by atoms with Crippen LogP contribution in [-0.2, 0) is 6.42 Å². The topological polar surface area (TPSA) is 98.0 Å². The Balaban J connectivity index is 1.67. The second-order valence-electron chi connectivity index (χ2n) is 5.89. The highest BCUT2D eigenvalue weighted by Gasteiger charge is 2.17. The van der Waals surface area contributed by atoms with E-state index in [0.717, 1.165) is 11.1 Å². The molecule has 0 radical (unpaired) electrons. The van der Waals surface area contributed by atoms with Gasteiger partial charge in [0.05, 0.1) is 15.5 Å². The van der Waals surface area contributed by atoms with E-state index in [9.17, 15) is 14.9 Å². The van der Waals surface area contributed by atoms with Gasteiger partial charge < -0.3 is 0 Å². The number of aromatic nitrogens is 2. The summed E-state index contributed by atoms with van der Waals surface area (Å²) in [6.07, 6.45) is 0.704. The predicted octanol–water partition coefficient (Wildman–Crippen LogP) is 4.70. The molecule has 0 aliphatic rings. The van der Waals surface area contributed by atoms with E-state index in [1.165, 1.54) is 29.0 Å². The van der Waals surface area contributed by atoms with Crippen molar-refractivity contribution in [2.75, 3.05) is 5.32 Å². The molecule has 1 N–H and O–H groups in total. The maximum Gasteiger partial charge on any atom is 0.270 e. The summed E-state index contributed by atoms with van der Waals surface area (Å²) in [5.41, 5.74) is 1.16. The third kappa shape index (κ3) is 4.66. The Kier molecular flexibility index (Phi) is 5.78. The first-order valence-corrected chi connectivity index (χ1v) is 9.26. The lowest BCUT2D eigenvalue weighted by atomic mass is 9.98. The lowest BCUT2D eigenvalue weighted by Crippen LogP contribution is -2.12. The minimum Gasteiger partial charge on any atom is -0.296 e. The van der Waals surface area contributed by atoms with Gasteiger partial charge in [-0.05, 0) is 17.5 Å². The zero-order valence-electron chi connectivity index (χ0n) is 14.3. The lowest BCUT2D eigenvalue weighted by Gasteiger charge is -2.08. The van der Waals surface area contributed by atoms with Gasteiger partial charge in [0.25, 0.3) is 11.6 Å². The van der Waals surface area contributed by atoms with Gasteiger partial charge in [-0.2, -0.15) is 0 Å². The van der Waals surface area contributed by atoms with Gasteiger partial charge in [-0.1, -0.05) is 60.2 Å². The van der Waals surface area contributed by atoms with E-state index in [2.05, 4.69) is 34.6 Å². The van der Waals surface area contributed by atoms with E-state index in [4.69, 9.17) is 11.6 Å². The van der Waals surface area contributed by atoms with Crippen LogP contribution in [0.25, 0.3) is 0 Å². The standard InChI is InChI=1S/C18H15ClN4O3S/c1-11(12-5-3-2-4-6-12)9-16-21-22-18(27-16)20-17(24)14-8-7-13(23(25)26)10-15(14)19/h2-8,10-11H,9H2,1H3,(H,20,22,24). The number of benzene rings is 2. The van der Waals surface area contributed by atoms with Crippen LogP contribution < -0.4 is 5.32 Å². The number of nitrogens with zero attached hydrogens (tertiary/aromatic N) is 3. The number of anilines is 1. The van der Waals surface area contributed by atoms with Crippen LogP contribution in [0.15, 0.2) is 48.5 Å². The fourth-order valence-electron chi connectivity index (χ4n) is 2.51. The number of nitrogens with one attached hydrogen (secondary N) is 1. The van der Waals surface area contributed by atoms with E-state index in [0.29, 0.717) is 11.6 Å². The Morgan fingerprint density at radius 1 is 1.26 bits per heavy atom. The number of nitro benzene ring substituents is 1. The van der Waals surface area contributed by atoms with Crippen molar-refractivity contribution in [1.82, 2.24) is 10.2 Å². The molecule has 0 saturated heterocycles. The summed E-state index contributed by atoms with van der Waals surface area (Å²) in [6.45, 7) is 2.10. The number of rotatable bonds is 6. The van der Waals surface area contributed by atoms with Gasteiger partial charge in [0.15, 0.2) is 0 Å². The molecular weight excluding hydrogens is 388 g/mol. The molecule has 1 unspecified atom stereocenters. The molecule has 0 aliphatic carbocycles. The fourth-order valence-corrected chi connectivity index (χ4v) is 3.64. The van der Waals surface area contributed by atoms with E-state index in [1.807, 2.05) is 18.2 Å². The molecule has 3 rings (SSSR count). The summed E-state index contributed by atoms with van der Waals surface area (Å²) in [4.78, 5) is 22.5. The first-order valence-electron chi connectivity index (χ1n) is 8.06. The molecule has 1 heterocycles. The summed E-state index contributed by atoms with van der Waals surface area (Å²) in [5, 5.41) is 22.6. The molecule has 27 heavy (non-hydrogen) atoms. The Bertz CT molecular complexity index is 978. The zero-order valence-corrected chi connectivity index (χ0v) is 15.8. The van der Waals surface area contributed by atoms with Crippen molar-refractivity contribution in [2.24, 2.45) is 0 Å². The van der Waals surface area contributed by atoms with Crippen LogP contribution in [0.5, 0.6) is 0 Å². The Morgan fingerprint density at radius 3 is 2.67 bits per heavy atom. The van der Waals surface area contributed by atoms with E-state index < -0.39 is 10.8 Å². The van der Waals surface area contributed by atoms with Gasteiger partial charge in [0.2, 0.25) is 5.13 Å².